The van der Waals surface area contributed by atoms with Gasteiger partial charge in [0.05, 0.1) is 12.2 Å². The molecule has 7 N–H and O–H groups in total. The fourth-order valence-corrected chi connectivity index (χ4v) is 6.54. The van der Waals surface area contributed by atoms with Crippen LogP contribution in [0.3, 0.4) is 0 Å². The van der Waals surface area contributed by atoms with Crippen molar-refractivity contribution < 1.29 is 53.1 Å². The molecular weight excluding hydrogens is 802 g/mol. The topological polar surface area (TPSA) is 252 Å². The standard InChI is InChI=1S/C41H44F2N8O10/c1-6-44-38(58)35-49-48-34(27-17-26(20(2)3)28(53)18-29(27)54)51(35)23-9-13-25(14-10-23)60-24-11-7-22(8-12-24)36(56)47-32(21(4)5)37(57)45-31-15-16-50(40(59)46-31)39-41(42,43)33(55)30(19-52)61-39/h7-18,20-21,30,32-33,39,52-55H,6,19H2,1-5H3,(H,44,58)(H,47,56)(H,45,46,57,59). The maximum atomic E-state index is 14.6. The summed E-state index contributed by atoms with van der Waals surface area (Å²) >= 11 is 0. The first-order chi connectivity index (χ1) is 28.9. The van der Waals surface area contributed by atoms with Crippen molar-refractivity contribution in [2.45, 2.75) is 70.9 Å². The Morgan fingerprint density at radius 3 is 2.16 bits per heavy atom. The van der Waals surface area contributed by atoms with Gasteiger partial charge in [-0.15, -0.1) is 10.2 Å². The lowest BCUT2D eigenvalue weighted by molar-refractivity contribution is -0.141. The highest BCUT2D eigenvalue weighted by molar-refractivity contribution is 6.01. The fraction of sp³-hybridized carbons (Fsp3) is 0.341. The molecule has 3 aromatic carbocycles. The number of aliphatic hydroxyl groups is 2. The number of phenolic OH excluding ortho intramolecular Hbond substituents is 2. The Kier molecular flexibility index (Phi) is 12.8. The summed E-state index contributed by atoms with van der Waals surface area (Å²) in [5.74, 6) is -6.08. The van der Waals surface area contributed by atoms with Gasteiger partial charge >= 0.3 is 11.6 Å². The second kappa shape index (κ2) is 17.8. The van der Waals surface area contributed by atoms with E-state index in [1.165, 1.54) is 34.9 Å². The molecule has 322 valence electrons. The molecule has 61 heavy (non-hydrogen) atoms. The number of ether oxygens (including phenoxy) is 2. The molecule has 0 saturated carbocycles. The zero-order valence-electron chi connectivity index (χ0n) is 33.5. The summed E-state index contributed by atoms with van der Waals surface area (Å²) < 4.78 is 42.1. The number of aromatic nitrogens is 5. The Morgan fingerprint density at radius 2 is 1.59 bits per heavy atom. The average molecular weight is 847 g/mol. The lowest BCUT2D eigenvalue weighted by Crippen LogP contribution is -2.47. The predicted octanol–water partition coefficient (Wildman–Crippen LogP) is 3.85. The molecule has 4 unspecified atom stereocenters. The number of amides is 3. The van der Waals surface area contributed by atoms with Gasteiger partial charge < -0.3 is 45.9 Å². The predicted molar refractivity (Wildman–Crippen MR) is 214 cm³/mol. The molecule has 18 nitrogen and oxygen atoms in total. The molecule has 1 saturated heterocycles. The Morgan fingerprint density at radius 1 is 0.934 bits per heavy atom. The Bertz CT molecular complexity index is 2470. The Hall–Kier alpha value is -6.77. The van der Waals surface area contributed by atoms with E-state index in [1.54, 1.807) is 51.1 Å². The van der Waals surface area contributed by atoms with Crippen molar-refractivity contribution in [3.05, 3.63) is 100 Å². The van der Waals surface area contributed by atoms with E-state index in [0.717, 1.165) is 12.3 Å². The number of hydrogen-bond donors (Lipinski definition) is 7. The minimum absolute atomic E-state index is 0.0404. The molecule has 20 heteroatoms. The molecule has 5 aromatic rings. The van der Waals surface area contributed by atoms with E-state index < -0.39 is 66.3 Å². The van der Waals surface area contributed by atoms with Gasteiger partial charge in [0.1, 0.15) is 41.0 Å². The normalized spacial score (nSPS) is 17.6. The number of benzene rings is 3. The number of halogens is 2. The zero-order valence-corrected chi connectivity index (χ0v) is 33.5. The van der Waals surface area contributed by atoms with E-state index in [1.807, 2.05) is 13.8 Å². The first-order valence-electron chi connectivity index (χ1n) is 19.2. The second-order valence-corrected chi connectivity index (χ2v) is 14.8. The largest absolute Gasteiger partial charge is 0.508 e. The molecule has 0 radical (unpaired) electrons. The lowest BCUT2D eigenvalue weighted by atomic mass is 9.98. The summed E-state index contributed by atoms with van der Waals surface area (Å²) in [4.78, 5) is 55.8. The minimum atomic E-state index is -3.92. The summed E-state index contributed by atoms with van der Waals surface area (Å²) in [5.41, 5.74) is 0.232. The SMILES string of the molecule is CCNC(=O)c1nnc(-c2cc(C(C)C)c(O)cc2O)n1-c1ccc(Oc2ccc(C(=O)NC(C(=O)Nc3ccn(C4OC(CO)C(O)C4(F)F)c(=O)n3)C(C)C)cc2)cc1. The number of nitrogens with zero attached hydrogens (tertiary/aromatic N) is 5. The molecule has 6 rings (SSSR count). The summed E-state index contributed by atoms with van der Waals surface area (Å²) in [6.07, 6.45) is -5.33. The summed E-state index contributed by atoms with van der Waals surface area (Å²) in [6.45, 7) is 8.29. The van der Waals surface area contributed by atoms with E-state index in [9.17, 15) is 48.4 Å². The van der Waals surface area contributed by atoms with Crippen LogP contribution in [0.15, 0.2) is 77.7 Å². The highest BCUT2D eigenvalue weighted by Gasteiger charge is 2.59. The summed E-state index contributed by atoms with van der Waals surface area (Å²) in [5, 5.41) is 56.3. The van der Waals surface area contributed by atoms with Crippen LogP contribution in [0.5, 0.6) is 23.0 Å². The smallest absolute Gasteiger partial charge is 0.351 e. The lowest BCUT2D eigenvalue weighted by Gasteiger charge is -2.22. The van der Waals surface area contributed by atoms with Gasteiger partial charge in [0.15, 0.2) is 11.9 Å². The molecule has 0 spiro atoms. The van der Waals surface area contributed by atoms with Gasteiger partial charge in [-0.1, -0.05) is 27.7 Å². The minimum Gasteiger partial charge on any atom is -0.508 e. The first kappa shape index (κ1) is 43.8. The van der Waals surface area contributed by atoms with Crippen molar-refractivity contribution in [1.82, 2.24) is 34.9 Å². The molecule has 1 aliphatic heterocycles. The van der Waals surface area contributed by atoms with E-state index in [-0.39, 0.29) is 46.0 Å². The van der Waals surface area contributed by atoms with Crippen LogP contribution in [0.1, 0.15) is 73.3 Å². The molecule has 1 fully saturated rings. The number of anilines is 1. The van der Waals surface area contributed by atoms with Crippen LogP contribution >= 0.6 is 0 Å². The molecule has 3 heterocycles. The Labute approximate surface area is 346 Å². The van der Waals surface area contributed by atoms with E-state index in [0.29, 0.717) is 33.9 Å². The average Bonchev–Trinajstić information content (AvgIpc) is 3.75. The van der Waals surface area contributed by atoms with Gasteiger partial charge in [-0.2, -0.15) is 13.8 Å². The van der Waals surface area contributed by atoms with Gasteiger partial charge in [-0.3, -0.25) is 23.5 Å². The van der Waals surface area contributed by atoms with Gasteiger partial charge in [-0.25, -0.2) is 4.79 Å². The number of carbonyl (C=O) groups excluding carboxylic acids is 3. The number of carbonyl (C=O) groups is 3. The third-order valence-electron chi connectivity index (χ3n) is 9.79. The van der Waals surface area contributed by atoms with Crippen LogP contribution in [0.2, 0.25) is 0 Å². The number of aromatic hydroxyl groups is 2. The van der Waals surface area contributed by atoms with E-state index in [2.05, 4.69) is 31.1 Å². The van der Waals surface area contributed by atoms with E-state index in [4.69, 9.17) is 9.47 Å². The summed E-state index contributed by atoms with van der Waals surface area (Å²) in [6, 6.07) is 15.4. The number of aliphatic hydroxyl groups excluding tert-OH is 2. The maximum absolute atomic E-state index is 14.6. The Balaban J connectivity index is 1.13. The third kappa shape index (κ3) is 9.05. The molecule has 1 aliphatic rings. The van der Waals surface area contributed by atoms with Crippen molar-refractivity contribution in [3.8, 4) is 40.1 Å². The number of phenols is 2. The van der Waals surface area contributed by atoms with Crippen molar-refractivity contribution in [2.24, 2.45) is 5.92 Å². The highest BCUT2D eigenvalue weighted by Crippen LogP contribution is 2.42. The molecule has 3 amide bonds. The zero-order chi connectivity index (χ0) is 44.3. The van der Waals surface area contributed by atoms with Crippen molar-refractivity contribution in [3.63, 3.8) is 0 Å². The van der Waals surface area contributed by atoms with Gasteiger partial charge in [-0.05, 0) is 85.0 Å². The van der Waals surface area contributed by atoms with Gasteiger partial charge in [0, 0.05) is 30.1 Å². The summed E-state index contributed by atoms with van der Waals surface area (Å²) in [7, 11) is 0. The third-order valence-corrected chi connectivity index (χ3v) is 9.79. The number of hydrogen-bond acceptors (Lipinski definition) is 13. The highest BCUT2D eigenvalue weighted by atomic mass is 19.3. The molecular formula is C41H44F2N8O10. The first-order valence-corrected chi connectivity index (χ1v) is 19.2. The maximum Gasteiger partial charge on any atom is 0.351 e. The molecule has 0 bridgehead atoms. The quantitative estimate of drug-likeness (QED) is 0.0840. The molecule has 4 atom stereocenters. The van der Waals surface area contributed by atoms with Gasteiger partial charge in [0.2, 0.25) is 18.0 Å². The number of rotatable bonds is 14. The van der Waals surface area contributed by atoms with Crippen molar-refractivity contribution in [1.29, 1.82) is 0 Å². The van der Waals surface area contributed by atoms with E-state index >= 15 is 0 Å². The van der Waals surface area contributed by atoms with Crippen LogP contribution in [0, 0.1) is 5.92 Å². The van der Waals surface area contributed by atoms with Gasteiger partial charge in [0.25, 0.3) is 11.8 Å². The number of alkyl halides is 2. The second-order valence-electron chi connectivity index (χ2n) is 14.8. The molecule has 0 aliphatic carbocycles. The van der Waals surface area contributed by atoms with Crippen molar-refractivity contribution in [2.75, 3.05) is 18.5 Å². The van der Waals surface area contributed by atoms with Crippen LogP contribution in [0.25, 0.3) is 17.1 Å². The van der Waals surface area contributed by atoms with Crippen LogP contribution in [0.4, 0.5) is 14.6 Å². The van der Waals surface area contributed by atoms with Crippen LogP contribution in [-0.4, -0.2) is 99.8 Å². The van der Waals surface area contributed by atoms with Crippen LogP contribution < -0.4 is 26.4 Å². The molecule has 2 aromatic heterocycles. The van der Waals surface area contributed by atoms with Crippen molar-refractivity contribution >= 4 is 23.5 Å². The number of nitrogens with one attached hydrogen (secondary N) is 3. The van der Waals surface area contributed by atoms with Crippen LogP contribution in [-0.2, 0) is 9.53 Å². The monoisotopic (exact) mass is 846 g/mol. The fourth-order valence-electron chi connectivity index (χ4n) is 6.54.